The molecule has 0 fully saturated rings. The van der Waals surface area contributed by atoms with Crippen LogP contribution in [0, 0.1) is 0 Å². The second kappa shape index (κ2) is 22.3. The molecule has 0 radical (unpaired) electrons. The van der Waals surface area contributed by atoms with Crippen LogP contribution in [0.15, 0.2) is 58.1 Å². The van der Waals surface area contributed by atoms with Crippen molar-refractivity contribution in [2.75, 3.05) is 64.8 Å². The van der Waals surface area contributed by atoms with Gasteiger partial charge in [0.25, 0.3) is 0 Å². The monoisotopic (exact) mass is 974 g/mol. The molecule has 2 aliphatic carbocycles. The molecule has 4 unspecified atom stereocenters. The van der Waals surface area contributed by atoms with E-state index in [1.807, 2.05) is 12.1 Å². The van der Waals surface area contributed by atoms with E-state index in [0.717, 1.165) is 32.7 Å². The van der Waals surface area contributed by atoms with Crippen LogP contribution in [0.4, 0.5) is 11.4 Å². The molecule has 4 atom stereocenters. The van der Waals surface area contributed by atoms with Crippen molar-refractivity contribution < 1.29 is 57.8 Å². The summed E-state index contributed by atoms with van der Waals surface area (Å²) in [5.74, 6) is -1.10. The van der Waals surface area contributed by atoms with Gasteiger partial charge >= 0.3 is 11.9 Å². The largest absolute Gasteiger partial charge is 0.493 e. The summed E-state index contributed by atoms with van der Waals surface area (Å²) in [6, 6.07) is 8.95. The number of carbonyl (C=O) groups is 4. The number of hydrogen-bond donors (Lipinski definition) is 6. The van der Waals surface area contributed by atoms with Gasteiger partial charge in [-0.15, -0.1) is 0 Å². The van der Waals surface area contributed by atoms with Crippen LogP contribution in [-0.4, -0.2) is 100 Å². The Labute approximate surface area is 400 Å². The highest BCUT2D eigenvalue weighted by Crippen LogP contribution is 2.52. The maximum absolute atomic E-state index is 13.9. The maximum atomic E-state index is 13.9. The van der Waals surface area contributed by atoms with Gasteiger partial charge in [0.2, 0.25) is 34.2 Å². The third kappa shape index (κ3) is 10.8. The Morgan fingerprint density at radius 2 is 0.941 bits per heavy atom. The summed E-state index contributed by atoms with van der Waals surface area (Å²) in [7, 11) is 11.1. The molecule has 0 saturated carbocycles. The van der Waals surface area contributed by atoms with Crippen molar-refractivity contribution in [3.05, 3.63) is 91.2 Å². The van der Waals surface area contributed by atoms with Crippen molar-refractivity contribution in [1.29, 1.82) is 0 Å². The summed E-state index contributed by atoms with van der Waals surface area (Å²) in [6.45, 7) is 2.77. The summed E-state index contributed by atoms with van der Waals surface area (Å²) in [4.78, 5) is 77.9. The van der Waals surface area contributed by atoms with Gasteiger partial charge in [0.05, 0.1) is 66.1 Å². The number of aliphatic carboxylic acids is 2. The molecule has 0 aromatic heterocycles. The molecule has 2 amide bonds. The van der Waals surface area contributed by atoms with Gasteiger partial charge in [-0.2, -0.15) is 0 Å². The molecule has 4 aromatic rings. The summed E-state index contributed by atoms with van der Waals surface area (Å²) in [5.41, 5.74) is 3.88. The molecule has 20 heteroatoms. The second-order valence-electron chi connectivity index (χ2n) is 15.8. The number of fused-ring (bicyclic) bond motifs is 6. The van der Waals surface area contributed by atoms with Gasteiger partial charge in [0, 0.05) is 36.5 Å². The lowest BCUT2D eigenvalue weighted by Gasteiger charge is -2.19. The molecule has 4 aromatic carbocycles. The van der Waals surface area contributed by atoms with E-state index >= 15 is 0 Å². The van der Waals surface area contributed by atoms with E-state index in [1.54, 1.807) is 12.1 Å². The zero-order valence-corrected chi connectivity index (χ0v) is 40.4. The highest BCUT2D eigenvalue weighted by Gasteiger charge is 2.32. The van der Waals surface area contributed by atoms with E-state index in [9.17, 15) is 39.0 Å². The number of nitrogens with one attached hydrogen (secondary N) is 4. The van der Waals surface area contributed by atoms with E-state index in [2.05, 4.69) is 21.3 Å². The van der Waals surface area contributed by atoms with Gasteiger partial charge < -0.3 is 59.9 Å². The molecular weight excluding hydrogens is 921 g/mol. The molecule has 0 saturated heterocycles. The molecule has 0 bridgehead atoms. The van der Waals surface area contributed by atoms with Crippen LogP contribution in [-0.2, 0) is 32.0 Å². The Hall–Kier alpha value is -6.80. The molecule has 18 nitrogen and oxygen atoms in total. The number of benzene rings is 2. The molecule has 0 heterocycles. The zero-order valence-electron chi connectivity index (χ0n) is 38.8. The van der Waals surface area contributed by atoms with Gasteiger partial charge in [-0.1, -0.05) is 33.7 Å². The minimum Gasteiger partial charge on any atom is -0.493 e. The van der Waals surface area contributed by atoms with Crippen molar-refractivity contribution in [1.82, 2.24) is 10.6 Å². The molecule has 6 N–H and O–H groups in total. The van der Waals surface area contributed by atoms with Crippen LogP contribution in [0.25, 0.3) is 22.3 Å². The number of rotatable bonds is 19. The average molecular weight is 975 g/mol. The fourth-order valence-corrected chi connectivity index (χ4v) is 10.9. The predicted molar refractivity (Wildman–Crippen MR) is 260 cm³/mol. The third-order valence-electron chi connectivity index (χ3n) is 11.6. The number of carboxylic acid groups (broad SMARTS) is 2. The number of carboxylic acids is 2. The summed E-state index contributed by atoms with van der Waals surface area (Å²) >= 11 is 0. The number of ether oxygens (including phenoxy) is 6. The normalized spacial score (nSPS) is 15.4. The van der Waals surface area contributed by atoms with E-state index in [0.29, 0.717) is 93.6 Å². The maximum Gasteiger partial charge on any atom is 0.327 e. The lowest BCUT2D eigenvalue weighted by atomic mass is 9.95. The van der Waals surface area contributed by atoms with Gasteiger partial charge in [0.15, 0.2) is 23.0 Å². The van der Waals surface area contributed by atoms with Gasteiger partial charge in [0.1, 0.15) is 12.1 Å². The predicted octanol–water partition coefficient (Wildman–Crippen LogP) is 5.85. The smallest absolute Gasteiger partial charge is 0.327 e. The topological polar surface area (TPSA) is 246 Å². The molecular formula is C48H54N4O14S2. The highest BCUT2D eigenvalue weighted by atomic mass is 33.1. The van der Waals surface area contributed by atoms with Gasteiger partial charge in [-0.25, -0.2) is 9.59 Å². The van der Waals surface area contributed by atoms with Crippen LogP contribution >= 0.6 is 21.6 Å². The molecule has 0 spiro atoms. The van der Waals surface area contributed by atoms with Crippen LogP contribution in [0.2, 0.25) is 0 Å². The first-order valence-electron chi connectivity index (χ1n) is 21.4. The van der Waals surface area contributed by atoms with Gasteiger partial charge in [-0.05, 0) is 95.5 Å². The number of methoxy groups -OCH3 is 6. The highest BCUT2D eigenvalue weighted by molar-refractivity contribution is 8.76. The minimum atomic E-state index is -1.30. The molecule has 2 aliphatic rings. The van der Waals surface area contributed by atoms with Crippen LogP contribution < -0.4 is 60.5 Å². The van der Waals surface area contributed by atoms with E-state index in [-0.39, 0.29) is 34.7 Å². The first-order chi connectivity index (χ1) is 32.6. The average Bonchev–Trinajstić information content (AvgIpc) is 3.69. The second-order valence-corrected chi connectivity index (χ2v) is 18.4. The number of aryl methyl sites for hydroxylation is 2. The number of amides is 2. The lowest BCUT2D eigenvalue weighted by molar-refractivity contribution is -0.138. The Balaban J connectivity index is 1.25. The zero-order chi connectivity index (χ0) is 49.4. The van der Waals surface area contributed by atoms with E-state index < -0.39 is 47.0 Å². The Morgan fingerprint density at radius 3 is 1.25 bits per heavy atom. The SMILES string of the molecule is COc1cc2c(c(OC)c1OC)-c1ccc(NC(CSSCC(Nc3ccc4c(cc3=O)C(NC(C)=O)CCc3cc(OC)c(OC)c(OC)c3-4)C(=O)O)C(=O)O)c(=O)cc1C(NC(C)=O)CC2. The molecule has 6 rings (SSSR count). The van der Waals surface area contributed by atoms with Crippen molar-refractivity contribution in [3.8, 4) is 56.8 Å². The standard InChI is InChI=1S/C48H54N4O14S2/c1-23(53)49-31-13-9-25-17-39(61-3)43(63-5)45(65-7)41(25)27-11-15-33(37(55)19-29(27)31)51-35(47(57)58)21-67-68-22-36(48(59)60)52-34-16-12-28-30(20-38(34)56)32(50-24(2)54)14-10-26-18-40(62-4)44(64-6)46(66-8)42(26)28/h11-12,15-20,31-32,35-36H,9-10,13-14,21-22H2,1-8H3,(H,49,53)(H,50,54)(H,51,55)(H,52,56)(H,57,58)(H,59,60). The Kier molecular flexibility index (Phi) is 16.6. The van der Waals surface area contributed by atoms with Crippen LogP contribution in [0.1, 0.15) is 61.0 Å². The molecule has 68 heavy (non-hydrogen) atoms. The minimum absolute atomic E-state index is 0.0272. The van der Waals surface area contributed by atoms with Crippen molar-refractivity contribution in [3.63, 3.8) is 0 Å². The van der Waals surface area contributed by atoms with Crippen LogP contribution in [0.3, 0.4) is 0 Å². The summed E-state index contributed by atoms with van der Waals surface area (Å²) in [6.07, 6.45) is 1.84. The third-order valence-corrected chi connectivity index (χ3v) is 14.1. The van der Waals surface area contributed by atoms with Crippen molar-refractivity contribution >= 4 is 56.7 Å². The van der Waals surface area contributed by atoms with Crippen LogP contribution in [0.5, 0.6) is 34.5 Å². The summed E-state index contributed by atoms with van der Waals surface area (Å²) < 4.78 is 34.2. The summed E-state index contributed by atoms with van der Waals surface area (Å²) in [5, 5.41) is 32.2. The number of carbonyl (C=O) groups excluding carboxylic acids is 2. The number of hydrogen-bond acceptors (Lipinski definition) is 16. The fraction of sp³-hybridized carbons (Fsp3) is 0.375. The Morgan fingerprint density at radius 1 is 0.574 bits per heavy atom. The van der Waals surface area contributed by atoms with E-state index in [1.165, 1.54) is 80.8 Å². The van der Waals surface area contributed by atoms with E-state index in [4.69, 9.17) is 28.4 Å². The van der Waals surface area contributed by atoms with Crippen molar-refractivity contribution in [2.45, 2.75) is 63.7 Å². The molecule has 362 valence electrons. The number of anilines is 2. The fourth-order valence-electron chi connectivity index (χ4n) is 8.61. The van der Waals surface area contributed by atoms with Crippen molar-refractivity contribution in [2.24, 2.45) is 0 Å². The lowest BCUT2D eigenvalue weighted by Crippen LogP contribution is -2.34. The van der Waals surface area contributed by atoms with Gasteiger partial charge in [-0.3, -0.25) is 19.2 Å². The first-order valence-corrected chi connectivity index (χ1v) is 23.9. The Bertz CT molecular complexity index is 2550. The first kappa shape index (κ1) is 50.6. The quantitative estimate of drug-likeness (QED) is 0.0476. The molecule has 0 aliphatic heterocycles.